The van der Waals surface area contributed by atoms with Crippen molar-refractivity contribution >= 4 is 11.0 Å². The molecule has 0 radical (unpaired) electrons. The molecule has 0 unspecified atom stereocenters. The van der Waals surface area contributed by atoms with E-state index in [4.69, 9.17) is 0 Å². The number of benzene rings is 1. The molecule has 0 saturated heterocycles. The quantitative estimate of drug-likeness (QED) is 0.666. The van der Waals surface area contributed by atoms with Gasteiger partial charge in [0.1, 0.15) is 17.2 Å². The van der Waals surface area contributed by atoms with Gasteiger partial charge in [0.05, 0.1) is 5.52 Å². The molecular formula is C9H8F2N2. The van der Waals surface area contributed by atoms with Crippen molar-refractivity contribution in [3.05, 3.63) is 29.1 Å². The predicted molar refractivity (Wildman–Crippen MR) is 45.5 cm³/mol. The highest BCUT2D eigenvalue weighted by atomic mass is 19.1. The largest absolute Gasteiger partial charge is 0.342 e. The van der Waals surface area contributed by atoms with Gasteiger partial charge in [-0.1, -0.05) is 0 Å². The van der Waals surface area contributed by atoms with Crippen molar-refractivity contribution in [2.75, 3.05) is 0 Å². The number of halogens is 2. The maximum Gasteiger partial charge on any atom is 0.156 e. The van der Waals surface area contributed by atoms with E-state index in [0.29, 0.717) is 11.3 Å². The van der Waals surface area contributed by atoms with Crippen molar-refractivity contribution in [3.63, 3.8) is 0 Å². The van der Waals surface area contributed by atoms with Gasteiger partial charge in [-0.05, 0) is 13.8 Å². The molecule has 0 fully saturated rings. The minimum absolute atomic E-state index is 0.0130. The second-order valence-corrected chi connectivity index (χ2v) is 3.02. The Morgan fingerprint density at radius 1 is 1.31 bits per heavy atom. The molecule has 68 valence electrons. The number of imidazole rings is 1. The van der Waals surface area contributed by atoms with Gasteiger partial charge in [0.15, 0.2) is 5.82 Å². The van der Waals surface area contributed by atoms with Crippen molar-refractivity contribution in [1.29, 1.82) is 0 Å². The summed E-state index contributed by atoms with van der Waals surface area (Å²) in [5, 5.41) is 0. The minimum atomic E-state index is -0.584. The van der Waals surface area contributed by atoms with Gasteiger partial charge in [-0.2, -0.15) is 0 Å². The molecule has 0 amide bonds. The molecule has 13 heavy (non-hydrogen) atoms. The molecule has 2 nitrogen and oxygen atoms in total. The zero-order valence-corrected chi connectivity index (χ0v) is 7.28. The third-order valence-electron chi connectivity index (χ3n) is 2.02. The summed E-state index contributed by atoms with van der Waals surface area (Å²) in [6.45, 7) is 3.10. The summed E-state index contributed by atoms with van der Waals surface area (Å²) in [6.07, 6.45) is 0. The van der Waals surface area contributed by atoms with Crippen molar-refractivity contribution in [2.24, 2.45) is 0 Å². The highest BCUT2D eigenvalue weighted by Gasteiger charge is 2.12. The number of hydrogen-bond donors (Lipinski definition) is 1. The molecule has 1 aromatic carbocycles. The van der Waals surface area contributed by atoms with E-state index in [9.17, 15) is 8.78 Å². The molecule has 2 rings (SSSR count). The number of aromatic nitrogens is 2. The second-order valence-electron chi connectivity index (χ2n) is 3.02. The Balaban J connectivity index is 2.92. The zero-order chi connectivity index (χ0) is 9.59. The number of aromatic amines is 1. The van der Waals surface area contributed by atoms with Crippen molar-refractivity contribution in [1.82, 2.24) is 9.97 Å². The molecule has 0 aliphatic heterocycles. The van der Waals surface area contributed by atoms with Crippen molar-refractivity contribution in [2.45, 2.75) is 13.8 Å². The molecule has 0 saturated carbocycles. The summed E-state index contributed by atoms with van der Waals surface area (Å²) in [5.41, 5.74) is 0.619. The van der Waals surface area contributed by atoms with Crippen LogP contribution in [0.4, 0.5) is 8.78 Å². The monoisotopic (exact) mass is 182 g/mol. The lowest BCUT2D eigenvalue weighted by atomic mass is 10.2. The molecule has 0 atom stereocenters. The lowest BCUT2D eigenvalue weighted by Crippen LogP contribution is -1.89. The zero-order valence-electron chi connectivity index (χ0n) is 7.28. The van der Waals surface area contributed by atoms with E-state index in [2.05, 4.69) is 9.97 Å². The van der Waals surface area contributed by atoms with Gasteiger partial charge < -0.3 is 4.98 Å². The fourth-order valence-electron chi connectivity index (χ4n) is 1.30. The summed E-state index contributed by atoms with van der Waals surface area (Å²) in [5.74, 6) is -0.549. The van der Waals surface area contributed by atoms with Crippen LogP contribution >= 0.6 is 0 Å². The Kier molecular flexibility index (Phi) is 1.58. The molecule has 0 aliphatic rings. The van der Waals surface area contributed by atoms with Crippen molar-refractivity contribution in [3.8, 4) is 0 Å². The van der Waals surface area contributed by atoms with E-state index in [0.717, 1.165) is 0 Å². The summed E-state index contributed by atoms with van der Waals surface area (Å²) in [6, 6.07) is 1.26. The number of nitrogens with zero attached hydrogens (tertiary/aromatic N) is 1. The fourth-order valence-corrected chi connectivity index (χ4v) is 1.30. The Morgan fingerprint density at radius 2 is 2.00 bits per heavy atom. The van der Waals surface area contributed by atoms with Crippen LogP contribution in [0.2, 0.25) is 0 Å². The van der Waals surface area contributed by atoms with Crippen LogP contribution in [0.25, 0.3) is 11.0 Å². The fraction of sp³-hybridized carbons (Fsp3) is 0.222. The van der Waals surface area contributed by atoms with E-state index in [1.54, 1.807) is 6.92 Å². The first-order valence-corrected chi connectivity index (χ1v) is 3.90. The number of rotatable bonds is 0. The third-order valence-corrected chi connectivity index (χ3v) is 2.02. The van der Waals surface area contributed by atoms with E-state index in [-0.39, 0.29) is 11.1 Å². The van der Waals surface area contributed by atoms with Gasteiger partial charge >= 0.3 is 0 Å². The smallest absolute Gasteiger partial charge is 0.156 e. The van der Waals surface area contributed by atoms with E-state index < -0.39 is 11.6 Å². The van der Waals surface area contributed by atoms with Crippen molar-refractivity contribution < 1.29 is 8.78 Å². The summed E-state index contributed by atoms with van der Waals surface area (Å²) >= 11 is 0. The van der Waals surface area contributed by atoms with Crippen LogP contribution in [-0.4, -0.2) is 9.97 Å². The molecule has 0 spiro atoms. The predicted octanol–water partition coefficient (Wildman–Crippen LogP) is 2.46. The topological polar surface area (TPSA) is 28.7 Å². The van der Waals surface area contributed by atoms with E-state index in [1.807, 2.05) is 0 Å². The Hall–Kier alpha value is -1.45. The van der Waals surface area contributed by atoms with Crippen LogP contribution in [-0.2, 0) is 0 Å². The molecule has 4 heteroatoms. The normalized spacial score (nSPS) is 11.1. The average Bonchev–Trinajstić information content (AvgIpc) is 2.42. The maximum atomic E-state index is 13.3. The minimum Gasteiger partial charge on any atom is -0.342 e. The summed E-state index contributed by atoms with van der Waals surface area (Å²) in [4.78, 5) is 6.69. The molecule has 0 bridgehead atoms. The molecule has 0 aliphatic carbocycles. The lowest BCUT2D eigenvalue weighted by Gasteiger charge is -1.97. The van der Waals surface area contributed by atoms with Gasteiger partial charge in [-0.25, -0.2) is 13.8 Å². The van der Waals surface area contributed by atoms with Crippen LogP contribution in [0.15, 0.2) is 6.07 Å². The number of hydrogen-bond acceptors (Lipinski definition) is 1. The third kappa shape index (κ3) is 1.09. The number of aryl methyl sites for hydroxylation is 1. The highest BCUT2D eigenvalue weighted by molar-refractivity contribution is 5.76. The number of H-pyrrole nitrogens is 1. The van der Waals surface area contributed by atoms with Crippen LogP contribution in [0.1, 0.15) is 11.4 Å². The Morgan fingerprint density at radius 3 is 2.69 bits per heavy atom. The Bertz CT molecular complexity index is 474. The lowest BCUT2D eigenvalue weighted by molar-refractivity contribution is 0.575. The van der Waals surface area contributed by atoms with Crippen LogP contribution in [0.5, 0.6) is 0 Å². The SMILES string of the molecule is Cc1nc2c(F)c(C)c(F)cc2[nH]1. The molecule has 1 N–H and O–H groups in total. The van der Waals surface area contributed by atoms with E-state index >= 15 is 0 Å². The highest BCUT2D eigenvalue weighted by Crippen LogP contribution is 2.21. The Labute approximate surface area is 73.6 Å². The van der Waals surface area contributed by atoms with Gasteiger partial charge in [-0.15, -0.1) is 0 Å². The summed E-state index contributed by atoms with van der Waals surface area (Å²) in [7, 11) is 0. The molecule has 2 aromatic rings. The first-order valence-electron chi connectivity index (χ1n) is 3.90. The van der Waals surface area contributed by atoms with Crippen LogP contribution in [0, 0.1) is 25.5 Å². The molecule has 1 aromatic heterocycles. The summed E-state index contributed by atoms with van der Waals surface area (Å²) < 4.78 is 26.4. The molecule has 1 heterocycles. The van der Waals surface area contributed by atoms with Gasteiger partial charge in [0.25, 0.3) is 0 Å². The first kappa shape index (κ1) is 8.16. The second kappa shape index (κ2) is 2.52. The van der Waals surface area contributed by atoms with E-state index in [1.165, 1.54) is 13.0 Å². The van der Waals surface area contributed by atoms with Gasteiger partial charge in [0.2, 0.25) is 0 Å². The number of nitrogens with one attached hydrogen (secondary N) is 1. The number of fused-ring (bicyclic) bond motifs is 1. The maximum absolute atomic E-state index is 13.3. The van der Waals surface area contributed by atoms with Gasteiger partial charge in [-0.3, -0.25) is 0 Å². The van der Waals surface area contributed by atoms with Gasteiger partial charge in [0, 0.05) is 11.6 Å². The molecular weight excluding hydrogens is 174 g/mol. The van der Waals surface area contributed by atoms with Crippen LogP contribution in [0.3, 0.4) is 0 Å². The van der Waals surface area contributed by atoms with Crippen LogP contribution < -0.4 is 0 Å². The first-order chi connectivity index (χ1) is 6.09. The standard InChI is InChI=1S/C9H8F2N2/c1-4-6(10)3-7-9(8(4)11)13-5(2)12-7/h3H,1-2H3,(H,12,13). The average molecular weight is 182 g/mol.